The number of alkyl halides is 6. The van der Waals surface area contributed by atoms with Crippen molar-refractivity contribution in [1.82, 2.24) is 9.80 Å². The number of halogens is 6. The molecule has 3 heterocycles. The van der Waals surface area contributed by atoms with Crippen molar-refractivity contribution in [3.05, 3.63) is 107 Å². The average Bonchev–Trinajstić information content (AvgIpc) is 3.01. The normalized spacial score (nSPS) is 23.6. The van der Waals surface area contributed by atoms with Gasteiger partial charge in [0.1, 0.15) is 0 Å². The Balaban J connectivity index is 1.57. The van der Waals surface area contributed by atoms with Crippen molar-refractivity contribution < 1.29 is 35.9 Å². The van der Waals surface area contributed by atoms with Gasteiger partial charge in [0.15, 0.2) is 0 Å². The third kappa shape index (κ3) is 6.66. The topological polar surface area (TPSA) is 32.8 Å². The largest absolute Gasteiger partial charge is 0.416 e. The maximum absolute atomic E-state index is 13.7. The number of piperidine rings is 3. The molecule has 0 N–H and O–H groups in total. The second-order valence-corrected chi connectivity index (χ2v) is 11.5. The number of carbonyl (C=O) groups is 1. The fraction of sp³-hybridized carbons (Fsp3) is 0.441. The molecule has 10 heteroatoms. The van der Waals surface area contributed by atoms with Crippen LogP contribution in [0.5, 0.6) is 0 Å². The molecule has 2 bridgehead atoms. The number of nitrogens with zero attached hydrogens (tertiary/aromatic N) is 2. The van der Waals surface area contributed by atoms with Gasteiger partial charge in [-0.3, -0.25) is 9.69 Å². The van der Waals surface area contributed by atoms with Crippen LogP contribution in [0.1, 0.15) is 54.0 Å². The molecule has 1 amide bonds. The summed E-state index contributed by atoms with van der Waals surface area (Å²) in [5.41, 5.74) is -0.954. The Labute approximate surface area is 253 Å². The van der Waals surface area contributed by atoms with E-state index in [1.165, 1.54) is 0 Å². The molecule has 3 fully saturated rings. The number of fused-ring (bicyclic) bond motifs is 3. The predicted octanol–water partition coefficient (Wildman–Crippen LogP) is 7.63. The number of amides is 1. The highest BCUT2D eigenvalue weighted by molar-refractivity contribution is 5.80. The van der Waals surface area contributed by atoms with Gasteiger partial charge in [-0.2, -0.15) is 26.3 Å². The molecule has 0 spiro atoms. The zero-order chi connectivity index (χ0) is 31.6. The van der Waals surface area contributed by atoms with E-state index < -0.39 is 42.1 Å². The molecule has 0 aliphatic carbocycles. The second kappa shape index (κ2) is 12.9. The highest BCUT2D eigenvalue weighted by Crippen LogP contribution is 2.46. The first-order chi connectivity index (χ1) is 20.9. The Morgan fingerprint density at radius 2 is 1.39 bits per heavy atom. The van der Waals surface area contributed by atoms with Gasteiger partial charge in [0.05, 0.1) is 29.8 Å². The van der Waals surface area contributed by atoms with E-state index in [0.717, 1.165) is 23.3 Å². The van der Waals surface area contributed by atoms with Crippen LogP contribution in [0.25, 0.3) is 0 Å². The van der Waals surface area contributed by atoms with Crippen LogP contribution in [0, 0.1) is 11.8 Å². The third-order valence-corrected chi connectivity index (χ3v) is 9.02. The quantitative estimate of drug-likeness (QED) is 0.231. The monoisotopic (exact) mass is 618 g/mol. The van der Waals surface area contributed by atoms with E-state index in [2.05, 4.69) is 4.90 Å². The van der Waals surface area contributed by atoms with Gasteiger partial charge in [0.25, 0.3) is 0 Å². The molecule has 0 radical (unpaired) electrons. The lowest BCUT2D eigenvalue weighted by Crippen LogP contribution is -2.66. The van der Waals surface area contributed by atoms with Gasteiger partial charge in [-0.05, 0) is 61.7 Å². The predicted molar refractivity (Wildman–Crippen MR) is 155 cm³/mol. The Morgan fingerprint density at radius 1 is 0.864 bits per heavy atom. The van der Waals surface area contributed by atoms with Gasteiger partial charge in [0, 0.05) is 37.5 Å². The van der Waals surface area contributed by atoms with Crippen molar-refractivity contribution >= 4 is 5.91 Å². The van der Waals surface area contributed by atoms with E-state index in [4.69, 9.17) is 4.74 Å². The van der Waals surface area contributed by atoms with E-state index in [1.54, 1.807) is 4.90 Å². The van der Waals surface area contributed by atoms with Gasteiger partial charge in [-0.25, -0.2) is 0 Å². The summed E-state index contributed by atoms with van der Waals surface area (Å²) in [6.45, 7) is 5.64. The molecule has 6 rings (SSSR count). The first kappa shape index (κ1) is 32.0. The molecule has 0 saturated carbocycles. The molecule has 1 unspecified atom stereocenters. The van der Waals surface area contributed by atoms with Crippen molar-refractivity contribution in [2.45, 2.75) is 57.3 Å². The maximum Gasteiger partial charge on any atom is 0.416 e. The summed E-state index contributed by atoms with van der Waals surface area (Å²) >= 11 is 0. The zero-order valence-electron chi connectivity index (χ0n) is 24.6. The summed E-state index contributed by atoms with van der Waals surface area (Å²) in [6.07, 6.45) is -9.91. The molecule has 44 heavy (non-hydrogen) atoms. The highest BCUT2D eigenvalue weighted by atomic mass is 19.4. The number of carbonyl (C=O) groups excluding carboxylic acids is 1. The average molecular weight is 619 g/mol. The van der Waals surface area contributed by atoms with Gasteiger partial charge in [-0.15, -0.1) is 0 Å². The first-order valence-electron chi connectivity index (χ1n) is 14.9. The molecule has 0 aromatic heterocycles. The Bertz CT molecular complexity index is 1340. The molecule has 5 atom stereocenters. The van der Waals surface area contributed by atoms with Crippen LogP contribution in [-0.4, -0.2) is 54.0 Å². The van der Waals surface area contributed by atoms with Crippen molar-refractivity contribution in [1.29, 1.82) is 0 Å². The summed E-state index contributed by atoms with van der Waals surface area (Å²) in [4.78, 5) is 17.7. The van der Waals surface area contributed by atoms with E-state index in [9.17, 15) is 31.1 Å². The SMILES string of the molecule is CCN(CC)C(=O)[C@@H]1CN2CC[C@@H]1[C@H](OCc1cc(C(F)(F)F)cc(C(F)(F)F)c1)[C@@H]2C(c1ccccc1)c1ccccc1. The third-order valence-electron chi connectivity index (χ3n) is 9.02. The summed E-state index contributed by atoms with van der Waals surface area (Å²) in [5, 5.41) is 0. The fourth-order valence-corrected chi connectivity index (χ4v) is 6.98. The van der Waals surface area contributed by atoms with Gasteiger partial charge < -0.3 is 9.64 Å². The smallest absolute Gasteiger partial charge is 0.372 e. The summed E-state index contributed by atoms with van der Waals surface area (Å²) in [6, 6.07) is 20.9. The Kier molecular flexibility index (Phi) is 9.41. The minimum absolute atomic E-state index is 0.00820. The van der Waals surface area contributed by atoms with Gasteiger partial charge >= 0.3 is 12.4 Å². The number of rotatable bonds is 9. The Morgan fingerprint density at radius 3 is 1.86 bits per heavy atom. The van der Waals surface area contributed by atoms with Gasteiger partial charge in [0.2, 0.25) is 5.91 Å². The number of benzene rings is 3. The number of hydrogen-bond acceptors (Lipinski definition) is 3. The van der Waals surface area contributed by atoms with Crippen LogP contribution >= 0.6 is 0 Å². The van der Waals surface area contributed by atoms with Crippen LogP contribution in [-0.2, 0) is 28.5 Å². The van der Waals surface area contributed by atoms with Crippen LogP contribution in [0.3, 0.4) is 0 Å². The molecular formula is C34H36F6N2O2. The standard InChI is InChI=1S/C34H36F6N2O2/c1-3-41(4-2)32(43)28-20-42-16-15-27(28)31(30(42)29(23-11-7-5-8-12-23)24-13-9-6-10-14-24)44-21-22-17-25(33(35,36)37)19-26(18-22)34(38,39)40/h5-14,17-19,27-31H,3-4,15-16,20-21H2,1-2H3/t27-,28+,30-,31-/m0/s1. The molecular weight excluding hydrogens is 582 g/mol. The minimum atomic E-state index is -4.96. The van der Waals surface area contributed by atoms with Crippen molar-refractivity contribution in [2.75, 3.05) is 26.2 Å². The van der Waals surface area contributed by atoms with Gasteiger partial charge in [-0.1, -0.05) is 60.7 Å². The summed E-state index contributed by atoms with van der Waals surface area (Å²) < 4.78 is 88.2. The summed E-state index contributed by atoms with van der Waals surface area (Å²) in [5.74, 6) is -0.877. The zero-order valence-corrected chi connectivity index (χ0v) is 24.6. The summed E-state index contributed by atoms with van der Waals surface area (Å²) in [7, 11) is 0. The molecule has 3 aromatic rings. The second-order valence-electron chi connectivity index (χ2n) is 11.5. The van der Waals surface area contributed by atoms with Crippen molar-refractivity contribution in [3.8, 4) is 0 Å². The minimum Gasteiger partial charge on any atom is -0.372 e. The van der Waals surface area contributed by atoms with E-state index in [0.29, 0.717) is 32.6 Å². The molecule has 3 saturated heterocycles. The number of hydrogen-bond donors (Lipinski definition) is 0. The molecule has 3 aromatic carbocycles. The molecule has 3 aliphatic rings. The van der Waals surface area contributed by atoms with E-state index in [-0.39, 0.29) is 35.4 Å². The molecule has 3 aliphatic heterocycles. The van der Waals surface area contributed by atoms with Crippen molar-refractivity contribution in [2.24, 2.45) is 11.8 Å². The number of ether oxygens (including phenoxy) is 1. The fourth-order valence-electron chi connectivity index (χ4n) is 6.98. The van der Waals surface area contributed by atoms with Crippen LogP contribution in [0.2, 0.25) is 0 Å². The van der Waals surface area contributed by atoms with Crippen LogP contribution < -0.4 is 0 Å². The van der Waals surface area contributed by atoms with Crippen LogP contribution in [0.15, 0.2) is 78.9 Å². The highest BCUT2D eigenvalue weighted by Gasteiger charge is 2.53. The lowest BCUT2D eigenvalue weighted by atomic mass is 9.67. The van der Waals surface area contributed by atoms with Crippen molar-refractivity contribution in [3.63, 3.8) is 0 Å². The van der Waals surface area contributed by atoms with Crippen LogP contribution in [0.4, 0.5) is 26.3 Å². The van der Waals surface area contributed by atoms with E-state index in [1.807, 2.05) is 74.5 Å². The lowest BCUT2D eigenvalue weighted by Gasteiger charge is -2.56. The molecule has 4 nitrogen and oxygen atoms in total. The maximum atomic E-state index is 13.7. The first-order valence-corrected chi connectivity index (χ1v) is 14.9. The lowest BCUT2D eigenvalue weighted by molar-refractivity contribution is -0.167. The van der Waals surface area contributed by atoms with E-state index >= 15 is 0 Å². The molecule has 236 valence electrons. The Hall–Kier alpha value is -3.37.